The van der Waals surface area contributed by atoms with Crippen LogP contribution in [-0.4, -0.2) is 21.0 Å². The number of H-pyrrole nitrogens is 1. The first-order chi connectivity index (χ1) is 9.13. The van der Waals surface area contributed by atoms with Gasteiger partial charge in [-0.05, 0) is 42.5 Å². The molecule has 3 aromatic rings. The van der Waals surface area contributed by atoms with E-state index in [-0.39, 0.29) is 30.4 Å². The van der Waals surface area contributed by atoms with E-state index in [1.807, 2.05) is 12.1 Å². The Labute approximate surface area is 133 Å². The van der Waals surface area contributed by atoms with Crippen LogP contribution < -0.4 is 30.5 Å². The van der Waals surface area contributed by atoms with Gasteiger partial charge in [-0.3, -0.25) is 0 Å². The van der Waals surface area contributed by atoms with Crippen molar-refractivity contribution in [3.63, 3.8) is 0 Å². The molecule has 1 aromatic heterocycles. The van der Waals surface area contributed by atoms with E-state index >= 15 is 0 Å². The lowest BCUT2D eigenvalue weighted by Gasteiger charge is -1.96. The summed E-state index contributed by atoms with van der Waals surface area (Å²) < 4.78 is 0. The summed E-state index contributed by atoms with van der Waals surface area (Å²) in [5.74, 6) is -0.261. The minimum absolute atomic E-state index is 0. The Morgan fingerprint density at radius 2 is 1.76 bits per heavy atom. The number of fused-ring (bicyclic) bond motifs is 1. The van der Waals surface area contributed by atoms with Crippen LogP contribution in [0, 0.1) is 0 Å². The number of benzene rings is 2. The fourth-order valence-corrected chi connectivity index (χ4v) is 1.92. The van der Waals surface area contributed by atoms with Gasteiger partial charge in [0.05, 0.1) is 16.6 Å². The van der Waals surface area contributed by atoms with Crippen molar-refractivity contribution in [2.24, 2.45) is 0 Å². The van der Waals surface area contributed by atoms with Crippen LogP contribution in [0.1, 0.15) is 10.4 Å². The fraction of sp³-hybridized carbons (Fsp3) is 0. The first-order valence-corrected chi connectivity index (χ1v) is 5.72. The maximum absolute atomic E-state index is 10.9. The van der Waals surface area contributed by atoms with Gasteiger partial charge in [-0.1, -0.05) is 0 Å². The number of nitrogen functional groups attached to an aromatic ring is 1. The van der Waals surface area contributed by atoms with Crippen molar-refractivity contribution in [3.05, 3.63) is 48.0 Å². The highest BCUT2D eigenvalue weighted by molar-refractivity contribution is 5.93. The third-order valence-electron chi connectivity index (χ3n) is 2.91. The number of aromatic amines is 1. The van der Waals surface area contributed by atoms with E-state index in [9.17, 15) is 4.79 Å². The third-order valence-corrected chi connectivity index (χ3v) is 2.91. The van der Waals surface area contributed by atoms with Crippen molar-refractivity contribution in [2.75, 3.05) is 5.73 Å². The number of imidazole rings is 1. The molecule has 1 heterocycles. The van der Waals surface area contributed by atoms with Crippen LogP contribution in [0.4, 0.5) is 5.69 Å². The average Bonchev–Trinajstić information content (AvgIpc) is 2.82. The quantitative estimate of drug-likeness (QED) is 0.427. The second-order valence-electron chi connectivity index (χ2n) is 4.24. The molecule has 0 fully saturated rings. The van der Waals surface area contributed by atoms with Crippen LogP contribution in [0.3, 0.4) is 0 Å². The highest BCUT2D eigenvalue weighted by atomic mass is 35.5. The first-order valence-electron chi connectivity index (χ1n) is 5.72. The lowest BCUT2D eigenvalue weighted by atomic mass is 10.2. The molecule has 0 spiro atoms. The number of nitrogens with zero attached hydrogens (tertiary/aromatic N) is 1. The molecule has 0 bridgehead atoms. The predicted molar refractivity (Wildman–Crippen MR) is 72.9 cm³/mol. The molecule has 0 amide bonds. The summed E-state index contributed by atoms with van der Waals surface area (Å²) in [5.41, 5.74) is 8.90. The Kier molecular flexibility index (Phi) is 5.18. The van der Waals surface area contributed by atoms with Crippen molar-refractivity contribution in [1.29, 1.82) is 0 Å². The second kappa shape index (κ2) is 6.47. The lowest BCUT2D eigenvalue weighted by molar-refractivity contribution is -0.001000. The van der Waals surface area contributed by atoms with Crippen molar-refractivity contribution in [1.82, 2.24) is 9.97 Å². The van der Waals surface area contributed by atoms with Gasteiger partial charge in [0.2, 0.25) is 0 Å². The van der Waals surface area contributed by atoms with Crippen LogP contribution in [0.25, 0.3) is 22.4 Å². The topological polar surface area (TPSA) is 92.0 Å². The van der Waals surface area contributed by atoms with Crippen LogP contribution in [-0.2, 0) is 0 Å². The largest absolute Gasteiger partial charge is 1.00 e. The maximum Gasteiger partial charge on any atom is 0.335 e. The van der Waals surface area contributed by atoms with E-state index in [0.29, 0.717) is 17.0 Å². The highest BCUT2D eigenvalue weighted by Crippen LogP contribution is 2.22. The number of carboxylic acids is 1. The number of hydrogen-bond donors (Lipinski definition) is 3. The minimum Gasteiger partial charge on any atom is -1.00 e. The molecule has 7 heteroatoms. The number of halogens is 2. The van der Waals surface area contributed by atoms with E-state index in [1.54, 1.807) is 24.3 Å². The van der Waals surface area contributed by atoms with E-state index in [4.69, 9.17) is 10.8 Å². The zero-order chi connectivity index (χ0) is 13.4. The second-order valence-corrected chi connectivity index (χ2v) is 4.24. The molecule has 0 saturated carbocycles. The molecule has 0 saturated heterocycles. The van der Waals surface area contributed by atoms with Crippen molar-refractivity contribution < 1.29 is 34.7 Å². The molecule has 21 heavy (non-hydrogen) atoms. The molecule has 0 aliphatic rings. The number of anilines is 1. The molecule has 5 nitrogen and oxygen atoms in total. The Bertz CT molecular complexity index is 769. The third kappa shape index (κ3) is 3.26. The Morgan fingerprint density at radius 3 is 2.38 bits per heavy atom. The average molecular weight is 324 g/mol. The van der Waals surface area contributed by atoms with Crippen LogP contribution in [0.5, 0.6) is 0 Å². The summed E-state index contributed by atoms with van der Waals surface area (Å²) >= 11 is 0. The van der Waals surface area contributed by atoms with Gasteiger partial charge >= 0.3 is 5.97 Å². The van der Waals surface area contributed by atoms with Crippen molar-refractivity contribution in [2.45, 2.75) is 0 Å². The maximum atomic E-state index is 10.9. The highest BCUT2D eigenvalue weighted by Gasteiger charge is 2.08. The van der Waals surface area contributed by atoms with Crippen molar-refractivity contribution >= 4 is 22.7 Å². The Hall–Kier alpha value is -2.24. The number of carbonyl (C=O) groups is 1. The van der Waals surface area contributed by atoms with E-state index in [1.165, 1.54) is 6.07 Å². The standard InChI is InChI=1S/C14H11N3O2.2ClH/c15-10-4-1-8(2-5-10)13-16-11-6-3-9(14(18)19)7-12(11)17-13;;/h1-7H,15H2,(H,16,17)(H,18,19);2*1H/p-2. The van der Waals surface area contributed by atoms with Gasteiger partial charge < -0.3 is 40.6 Å². The molecule has 0 unspecified atom stereocenters. The SMILES string of the molecule is Nc1ccc(-c2nc3ccc(C(=O)O)cc3[nH]2)cc1.[Cl-].[Cl-]. The molecule has 0 atom stereocenters. The normalized spacial score (nSPS) is 9.71. The number of carboxylic acid groups (broad SMARTS) is 1. The molecule has 0 aliphatic carbocycles. The smallest absolute Gasteiger partial charge is 0.335 e. The van der Waals surface area contributed by atoms with Gasteiger partial charge in [-0.2, -0.15) is 0 Å². The minimum atomic E-state index is -0.953. The number of nitrogens with one attached hydrogen (secondary N) is 1. The summed E-state index contributed by atoms with van der Waals surface area (Å²) in [4.78, 5) is 18.4. The molecule has 0 aliphatic heterocycles. The number of nitrogens with two attached hydrogens (primary N) is 1. The molecular formula is C14H11Cl2N3O2-2. The van der Waals surface area contributed by atoms with Crippen LogP contribution in [0.15, 0.2) is 42.5 Å². The van der Waals surface area contributed by atoms with E-state index in [0.717, 1.165) is 11.1 Å². The summed E-state index contributed by atoms with van der Waals surface area (Å²) in [6.07, 6.45) is 0. The van der Waals surface area contributed by atoms with Crippen LogP contribution >= 0.6 is 0 Å². The van der Waals surface area contributed by atoms with Gasteiger partial charge in [0.15, 0.2) is 0 Å². The summed E-state index contributed by atoms with van der Waals surface area (Å²) in [6, 6.07) is 12.1. The number of hydrogen-bond acceptors (Lipinski definition) is 3. The van der Waals surface area contributed by atoms with Crippen LogP contribution in [0.2, 0.25) is 0 Å². The molecule has 3 rings (SSSR count). The zero-order valence-corrected chi connectivity index (χ0v) is 12.2. The van der Waals surface area contributed by atoms with Gasteiger partial charge in [-0.15, -0.1) is 0 Å². The van der Waals surface area contributed by atoms with E-state index < -0.39 is 5.97 Å². The fourth-order valence-electron chi connectivity index (χ4n) is 1.92. The Morgan fingerprint density at radius 1 is 1.10 bits per heavy atom. The zero-order valence-electron chi connectivity index (χ0n) is 10.7. The number of aromatic nitrogens is 2. The van der Waals surface area contributed by atoms with Gasteiger partial charge in [-0.25, -0.2) is 9.78 Å². The number of rotatable bonds is 2. The molecule has 4 N–H and O–H groups in total. The molecular weight excluding hydrogens is 313 g/mol. The molecule has 110 valence electrons. The van der Waals surface area contributed by atoms with Gasteiger partial charge in [0.1, 0.15) is 5.82 Å². The first kappa shape index (κ1) is 16.8. The predicted octanol–water partition coefficient (Wildman–Crippen LogP) is -3.48. The summed E-state index contributed by atoms with van der Waals surface area (Å²) in [5, 5.41) is 8.95. The molecule has 0 radical (unpaired) electrons. The Balaban J connectivity index is 0.00000110. The van der Waals surface area contributed by atoms with Crippen molar-refractivity contribution in [3.8, 4) is 11.4 Å². The van der Waals surface area contributed by atoms with Gasteiger partial charge in [0, 0.05) is 11.3 Å². The van der Waals surface area contributed by atoms with E-state index in [2.05, 4.69) is 9.97 Å². The summed E-state index contributed by atoms with van der Waals surface area (Å²) in [6.45, 7) is 0. The lowest BCUT2D eigenvalue weighted by Crippen LogP contribution is -3.00. The monoisotopic (exact) mass is 323 g/mol. The molecule has 2 aromatic carbocycles. The van der Waals surface area contributed by atoms with Gasteiger partial charge in [0.25, 0.3) is 0 Å². The summed E-state index contributed by atoms with van der Waals surface area (Å²) in [7, 11) is 0. The number of aromatic carboxylic acids is 1.